The molecule has 0 unspecified atom stereocenters. The van der Waals surface area contributed by atoms with E-state index in [4.69, 9.17) is 4.74 Å². The van der Waals surface area contributed by atoms with Crippen LogP contribution in [0.2, 0.25) is 0 Å². The molecule has 0 saturated carbocycles. The van der Waals surface area contributed by atoms with Gasteiger partial charge in [0.05, 0.1) is 19.1 Å². The van der Waals surface area contributed by atoms with E-state index in [0.717, 1.165) is 49.4 Å². The van der Waals surface area contributed by atoms with Gasteiger partial charge < -0.3 is 19.9 Å². The normalized spacial score (nSPS) is 17.9. The molecule has 0 saturated heterocycles. The Bertz CT molecular complexity index is 913. The molecule has 0 fully saturated rings. The largest absolute Gasteiger partial charge is 0.497 e. The number of benzene rings is 2. The van der Waals surface area contributed by atoms with E-state index in [1.807, 2.05) is 48.5 Å². The Morgan fingerprint density at radius 3 is 2.47 bits per heavy atom. The van der Waals surface area contributed by atoms with Crippen molar-refractivity contribution in [3.63, 3.8) is 0 Å². The molecule has 0 radical (unpaired) electrons. The average Bonchev–Trinajstić information content (AvgIpc) is 2.83. The number of unbranched alkanes of at least 4 members (excludes halogenated alkanes) is 1. The van der Waals surface area contributed by atoms with Crippen molar-refractivity contribution in [1.82, 2.24) is 15.1 Å². The van der Waals surface area contributed by atoms with Crippen LogP contribution in [0.15, 0.2) is 48.5 Å². The Kier molecular flexibility index (Phi) is 8.28. The fourth-order valence-electron chi connectivity index (χ4n) is 4.43. The summed E-state index contributed by atoms with van der Waals surface area (Å²) in [5, 5.41) is 3.15. The van der Waals surface area contributed by atoms with Gasteiger partial charge in [-0.3, -0.25) is 9.59 Å². The highest BCUT2D eigenvalue weighted by Gasteiger charge is 2.42. The number of carbonyl (C=O) groups excluding carboxylic acids is 2. The van der Waals surface area contributed by atoms with E-state index in [9.17, 15) is 9.59 Å². The van der Waals surface area contributed by atoms with Gasteiger partial charge in [-0.2, -0.15) is 0 Å². The third kappa shape index (κ3) is 5.13. The molecule has 1 N–H and O–H groups in total. The fraction of sp³-hybridized carbons (Fsp3) is 0.462. The van der Waals surface area contributed by atoms with Crippen molar-refractivity contribution in [2.45, 2.75) is 38.6 Å². The summed E-state index contributed by atoms with van der Waals surface area (Å²) in [5.74, 6) is 0.144. The number of hydrogen-bond acceptors (Lipinski definition) is 4. The highest BCUT2D eigenvalue weighted by atomic mass is 16.5. The molecular weight excluding hydrogens is 402 g/mol. The molecule has 0 aliphatic carbocycles. The van der Waals surface area contributed by atoms with E-state index in [1.165, 1.54) is 0 Å². The Morgan fingerprint density at radius 1 is 1.09 bits per heavy atom. The van der Waals surface area contributed by atoms with E-state index >= 15 is 0 Å². The summed E-state index contributed by atoms with van der Waals surface area (Å²) in [7, 11) is 3.40. The number of likely N-dealkylation sites (N-methyl/N-ethyl adjacent to an activating group) is 2. The summed E-state index contributed by atoms with van der Waals surface area (Å²) in [6.45, 7) is 7.75. The van der Waals surface area contributed by atoms with Crippen molar-refractivity contribution >= 4 is 11.8 Å². The first-order valence-electron chi connectivity index (χ1n) is 11.5. The quantitative estimate of drug-likeness (QED) is 0.613. The molecule has 1 heterocycles. The van der Waals surface area contributed by atoms with Gasteiger partial charge in [0.2, 0.25) is 5.91 Å². The van der Waals surface area contributed by atoms with Crippen LogP contribution in [0, 0.1) is 0 Å². The number of nitrogens with one attached hydrogen (secondary N) is 1. The Morgan fingerprint density at radius 2 is 1.81 bits per heavy atom. The minimum absolute atomic E-state index is 0.0517. The highest BCUT2D eigenvalue weighted by molar-refractivity contribution is 6.01. The predicted octanol–water partition coefficient (Wildman–Crippen LogP) is 3.84. The molecule has 2 atom stereocenters. The molecule has 0 bridgehead atoms. The van der Waals surface area contributed by atoms with Crippen LogP contribution in [-0.4, -0.2) is 62.0 Å². The summed E-state index contributed by atoms with van der Waals surface area (Å²) in [4.78, 5) is 30.7. The molecule has 2 amide bonds. The van der Waals surface area contributed by atoms with E-state index < -0.39 is 5.92 Å². The maximum Gasteiger partial charge on any atom is 0.254 e. The Labute approximate surface area is 191 Å². The van der Waals surface area contributed by atoms with E-state index in [2.05, 4.69) is 24.1 Å². The van der Waals surface area contributed by atoms with Gasteiger partial charge in [-0.05, 0) is 48.8 Å². The summed E-state index contributed by atoms with van der Waals surface area (Å²) < 4.78 is 5.28. The van der Waals surface area contributed by atoms with Crippen LogP contribution in [0.5, 0.6) is 5.75 Å². The second-order valence-corrected chi connectivity index (χ2v) is 8.28. The third-order valence-electron chi connectivity index (χ3n) is 6.32. The number of methoxy groups -OCH3 is 1. The molecule has 2 aromatic carbocycles. The monoisotopic (exact) mass is 437 g/mol. The Hall–Kier alpha value is -2.86. The molecule has 0 aromatic heterocycles. The average molecular weight is 438 g/mol. The maximum atomic E-state index is 13.5. The van der Waals surface area contributed by atoms with Gasteiger partial charge in [0.25, 0.3) is 5.91 Å². The molecule has 2 aromatic rings. The lowest BCUT2D eigenvalue weighted by molar-refractivity contribution is -0.124. The van der Waals surface area contributed by atoms with E-state index in [-0.39, 0.29) is 17.9 Å². The van der Waals surface area contributed by atoms with Gasteiger partial charge in [-0.25, -0.2) is 0 Å². The standard InChI is InChI=1S/C26H35N3O3/c1-5-7-17-29(6-2)18-16-27-25(30)23-21-10-8-9-11-22(21)26(31)28(3)24(23)19-12-14-20(32-4)15-13-19/h8-15,23-24H,5-7,16-18H2,1-4H3,(H,27,30)/t23-,24+/m0/s1. The topological polar surface area (TPSA) is 61.9 Å². The van der Waals surface area contributed by atoms with Gasteiger partial charge in [-0.1, -0.05) is 50.6 Å². The van der Waals surface area contributed by atoms with Crippen molar-refractivity contribution < 1.29 is 14.3 Å². The minimum atomic E-state index is -0.479. The van der Waals surface area contributed by atoms with Crippen molar-refractivity contribution in [2.24, 2.45) is 0 Å². The number of hydrogen-bond donors (Lipinski definition) is 1. The van der Waals surface area contributed by atoms with Crippen molar-refractivity contribution in [3.8, 4) is 5.75 Å². The second kappa shape index (κ2) is 11.1. The Balaban J connectivity index is 1.86. The van der Waals surface area contributed by atoms with Gasteiger partial charge >= 0.3 is 0 Å². The summed E-state index contributed by atoms with van der Waals surface area (Å²) in [5.41, 5.74) is 2.29. The lowest BCUT2D eigenvalue weighted by Crippen LogP contribution is -2.46. The van der Waals surface area contributed by atoms with Crippen LogP contribution in [-0.2, 0) is 4.79 Å². The number of fused-ring (bicyclic) bond motifs is 1. The van der Waals surface area contributed by atoms with Gasteiger partial charge in [-0.15, -0.1) is 0 Å². The molecule has 3 rings (SSSR count). The zero-order chi connectivity index (χ0) is 23.1. The smallest absolute Gasteiger partial charge is 0.254 e. The van der Waals surface area contributed by atoms with E-state index in [1.54, 1.807) is 19.1 Å². The predicted molar refractivity (Wildman–Crippen MR) is 127 cm³/mol. The summed E-state index contributed by atoms with van der Waals surface area (Å²) in [6, 6.07) is 14.7. The molecule has 32 heavy (non-hydrogen) atoms. The molecule has 1 aliphatic rings. The molecule has 172 valence electrons. The number of nitrogens with zero attached hydrogens (tertiary/aromatic N) is 2. The number of carbonyl (C=O) groups is 2. The molecule has 6 heteroatoms. The fourth-order valence-corrected chi connectivity index (χ4v) is 4.43. The van der Waals surface area contributed by atoms with Crippen LogP contribution in [0.4, 0.5) is 0 Å². The molecular formula is C26H35N3O3. The van der Waals surface area contributed by atoms with Crippen LogP contribution in [0.1, 0.15) is 60.1 Å². The molecule has 0 spiro atoms. The lowest BCUT2D eigenvalue weighted by Gasteiger charge is -2.40. The number of rotatable bonds is 10. The van der Waals surface area contributed by atoms with E-state index in [0.29, 0.717) is 12.1 Å². The van der Waals surface area contributed by atoms with Gasteiger partial charge in [0.15, 0.2) is 0 Å². The highest BCUT2D eigenvalue weighted by Crippen LogP contribution is 2.42. The maximum absolute atomic E-state index is 13.5. The first kappa shape index (κ1) is 23.8. The minimum Gasteiger partial charge on any atom is -0.497 e. The van der Waals surface area contributed by atoms with Crippen LogP contribution >= 0.6 is 0 Å². The van der Waals surface area contributed by atoms with Crippen LogP contribution < -0.4 is 10.1 Å². The second-order valence-electron chi connectivity index (χ2n) is 8.28. The summed E-state index contributed by atoms with van der Waals surface area (Å²) in [6.07, 6.45) is 2.32. The summed E-state index contributed by atoms with van der Waals surface area (Å²) >= 11 is 0. The molecule has 1 aliphatic heterocycles. The van der Waals surface area contributed by atoms with Gasteiger partial charge in [0.1, 0.15) is 5.75 Å². The third-order valence-corrected chi connectivity index (χ3v) is 6.32. The van der Waals surface area contributed by atoms with Crippen LogP contribution in [0.3, 0.4) is 0 Å². The first-order valence-corrected chi connectivity index (χ1v) is 11.5. The SMILES string of the molecule is CCCCN(CC)CCNC(=O)[C@H]1c2ccccc2C(=O)N(C)[C@@H]1c1ccc(OC)cc1. The lowest BCUT2D eigenvalue weighted by atomic mass is 9.79. The van der Waals surface area contributed by atoms with Crippen molar-refractivity contribution in [1.29, 1.82) is 0 Å². The zero-order valence-corrected chi connectivity index (χ0v) is 19.6. The molecule has 6 nitrogen and oxygen atoms in total. The van der Waals surface area contributed by atoms with Crippen molar-refractivity contribution in [3.05, 3.63) is 65.2 Å². The first-order chi connectivity index (χ1) is 15.5. The number of ether oxygens (including phenoxy) is 1. The van der Waals surface area contributed by atoms with Gasteiger partial charge in [0, 0.05) is 25.7 Å². The van der Waals surface area contributed by atoms with Crippen molar-refractivity contribution in [2.75, 3.05) is 40.3 Å². The zero-order valence-electron chi connectivity index (χ0n) is 19.6. The number of amides is 2. The van der Waals surface area contributed by atoms with Crippen LogP contribution in [0.25, 0.3) is 0 Å².